The molecular formula is C26H23FN4O2. The lowest BCUT2D eigenvalue weighted by atomic mass is 10.1. The Hall–Kier alpha value is -3.97. The van der Waals surface area contributed by atoms with E-state index in [-0.39, 0.29) is 11.3 Å². The maximum absolute atomic E-state index is 13.4. The summed E-state index contributed by atoms with van der Waals surface area (Å²) in [6, 6.07) is 18.4. The van der Waals surface area contributed by atoms with E-state index >= 15 is 0 Å². The van der Waals surface area contributed by atoms with Gasteiger partial charge in [0.25, 0.3) is 0 Å². The standard InChI is InChI=1S/C26H23FN4O2/c1-29(14-18-5-3-2-4-6-18)16-20-17-30(15-19-7-9-21(27)10-8-19)23-13-28-25-22(24(20)23)11-12-31(33)26(25)32/h2-13,17,33H,14-16H2,1H3. The highest BCUT2D eigenvalue weighted by molar-refractivity contribution is 6.06. The number of rotatable bonds is 6. The van der Waals surface area contributed by atoms with Gasteiger partial charge in [0.05, 0.1) is 11.7 Å². The SMILES string of the molecule is CN(Cc1ccccc1)Cc1cn(Cc2ccc(F)cc2)c2cnc3c(=O)n(O)ccc3c12. The quantitative estimate of drug-likeness (QED) is 0.396. The van der Waals surface area contributed by atoms with E-state index < -0.39 is 5.56 Å². The number of benzene rings is 2. The first-order chi connectivity index (χ1) is 16.0. The largest absolute Gasteiger partial charge is 0.425 e. The highest BCUT2D eigenvalue weighted by Crippen LogP contribution is 2.29. The van der Waals surface area contributed by atoms with Gasteiger partial charge in [0.1, 0.15) is 11.3 Å². The van der Waals surface area contributed by atoms with Gasteiger partial charge in [0.2, 0.25) is 0 Å². The van der Waals surface area contributed by atoms with Crippen LogP contribution in [-0.4, -0.2) is 31.4 Å². The first-order valence-electron chi connectivity index (χ1n) is 10.7. The molecule has 0 saturated heterocycles. The fourth-order valence-electron chi connectivity index (χ4n) is 4.33. The lowest BCUT2D eigenvalue weighted by Gasteiger charge is -2.16. The Morgan fingerprint density at radius 2 is 1.76 bits per heavy atom. The average molecular weight is 442 g/mol. The summed E-state index contributed by atoms with van der Waals surface area (Å²) in [5, 5.41) is 11.4. The number of halogens is 1. The third-order valence-corrected chi connectivity index (χ3v) is 5.83. The van der Waals surface area contributed by atoms with E-state index in [0.717, 1.165) is 28.6 Å². The summed E-state index contributed by atoms with van der Waals surface area (Å²) in [5.74, 6) is -0.271. The van der Waals surface area contributed by atoms with Crippen molar-refractivity contribution >= 4 is 21.8 Å². The molecule has 5 rings (SSSR count). The molecule has 1 N–H and O–H groups in total. The molecule has 0 aliphatic rings. The number of fused-ring (bicyclic) bond motifs is 3. The second-order valence-electron chi connectivity index (χ2n) is 8.31. The minimum Gasteiger partial charge on any atom is -0.425 e. The minimum atomic E-state index is -0.552. The van der Waals surface area contributed by atoms with Crippen LogP contribution in [-0.2, 0) is 19.6 Å². The molecule has 3 aromatic heterocycles. The maximum atomic E-state index is 13.4. The zero-order valence-corrected chi connectivity index (χ0v) is 18.1. The van der Waals surface area contributed by atoms with Crippen molar-refractivity contribution in [3.8, 4) is 0 Å². The van der Waals surface area contributed by atoms with E-state index in [1.54, 1.807) is 24.4 Å². The summed E-state index contributed by atoms with van der Waals surface area (Å²) < 4.78 is 16.0. The van der Waals surface area contributed by atoms with Crippen molar-refractivity contribution in [1.82, 2.24) is 19.2 Å². The Bertz CT molecular complexity index is 1490. The maximum Gasteiger partial charge on any atom is 0.309 e. The molecule has 0 bridgehead atoms. The lowest BCUT2D eigenvalue weighted by Crippen LogP contribution is -2.18. The molecule has 0 saturated carbocycles. The fourth-order valence-corrected chi connectivity index (χ4v) is 4.33. The summed E-state index contributed by atoms with van der Waals surface area (Å²) >= 11 is 0. The van der Waals surface area contributed by atoms with Gasteiger partial charge in [-0.1, -0.05) is 42.5 Å². The monoisotopic (exact) mass is 442 g/mol. The minimum absolute atomic E-state index is 0.221. The molecule has 33 heavy (non-hydrogen) atoms. The van der Waals surface area contributed by atoms with Gasteiger partial charge >= 0.3 is 5.56 Å². The molecule has 0 unspecified atom stereocenters. The van der Waals surface area contributed by atoms with Crippen molar-refractivity contribution in [3.63, 3.8) is 0 Å². The molecule has 3 heterocycles. The van der Waals surface area contributed by atoms with Crippen LogP contribution in [0.3, 0.4) is 0 Å². The van der Waals surface area contributed by atoms with Crippen molar-refractivity contribution < 1.29 is 9.60 Å². The van der Waals surface area contributed by atoms with Crippen LogP contribution >= 0.6 is 0 Å². The molecule has 2 aromatic carbocycles. The summed E-state index contributed by atoms with van der Waals surface area (Å²) in [4.78, 5) is 19.0. The van der Waals surface area contributed by atoms with Gasteiger partial charge in [0.15, 0.2) is 0 Å². The van der Waals surface area contributed by atoms with Gasteiger partial charge in [-0.15, -0.1) is 0 Å². The third kappa shape index (κ3) is 4.10. The molecule has 0 aliphatic heterocycles. The first kappa shape index (κ1) is 20.9. The van der Waals surface area contributed by atoms with E-state index in [1.807, 2.05) is 18.2 Å². The van der Waals surface area contributed by atoms with Gasteiger partial charge < -0.3 is 9.77 Å². The van der Waals surface area contributed by atoms with Crippen LogP contribution in [0.2, 0.25) is 0 Å². The molecule has 0 amide bonds. The van der Waals surface area contributed by atoms with Gasteiger partial charge in [-0.05, 0) is 41.9 Å². The Morgan fingerprint density at radius 3 is 2.52 bits per heavy atom. The number of hydrogen-bond acceptors (Lipinski definition) is 4. The predicted octanol–water partition coefficient (Wildman–Crippen LogP) is 4.41. The van der Waals surface area contributed by atoms with Crippen LogP contribution in [0.15, 0.2) is 84.0 Å². The zero-order chi connectivity index (χ0) is 22.9. The Kier molecular flexibility index (Phi) is 5.40. The normalized spacial score (nSPS) is 11.6. The molecule has 0 atom stereocenters. The number of aromatic nitrogens is 3. The molecule has 0 spiro atoms. The van der Waals surface area contributed by atoms with E-state index in [0.29, 0.717) is 23.2 Å². The predicted molar refractivity (Wildman–Crippen MR) is 126 cm³/mol. The Labute approximate surface area is 189 Å². The highest BCUT2D eigenvalue weighted by Gasteiger charge is 2.17. The van der Waals surface area contributed by atoms with Crippen LogP contribution < -0.4 is 5.56 Å². The van der Waals surface area contributed by atoms with Gasteiger partial charge in [0, 0.05) is 42.8 Å². The van der Waals surface area contributed by atoms with Crippen molar-refractivity contribution in [2.45, 2.75) is 19.6 Å². The van der Waals surface area contributed by atoms with Gasteiger partial charge in [-0.25, -0.2) is 9.37 Å². The van der Waals surface area contributed by atoms with Crippen molar-refractivity contribution in [3.05, 3.63) is 112 Å². The summed E-state index contributed by atoms with van der Waals surface area (Å²) in [6.45, 7) is 1.98. The Balaban J connectivity index is 1.61. The molecule has 7 heteroatoms. The molecule has 5 aromatic rings. The van der Waals surface area contributed by atoms with Crippen LogP contribution in [0.5, 0.6) is 0 Å². The molecule has 0 fully saturated rings. The second-order valence-corrected chi connectivity index (χ2v) is 8.31. The average Bonchev–Trinajstić information content (AvgIpc) is 3.15. The number of nitrogens with zero attached hydrogens (tertiary/aromatic N) is 4. The molecule has 0 radical (unpaired) electrons. The van der Waals surface area contributed by atoms with E-state index in [1.165, 1.54) is 23.9 Å². The van der Waals surface area contributed by atoms with Crippen molar-refractivity contribution in [2.24, 2.45) is 0 Å². The van der Waals surface area contributed by atoms with Crippen LogP contribution in [0, 0.1) is 5.82 Å². The van der Waals surface area contributed by atoms with Crippen LogP contribution in [0.1, 0.15) is 16.7 Å². The number of hydrogen-bond donors (Lipinski definition) is 1. The topological polar surface area (TPSA) is 63.3 Å². The smallest absolute Gasteiger partial charge is 0.309 e. The fraction of sp³-hybridized carbons (Fsp3) is 0.154. The van der Waals surface area contributed by atoms with E-state index in [4.69, 9.17) is 0 Å². The van der Waals surface area contributed by atoms with E-state index in [9.17, 15) is 14.4 Å². The van der Waals surface area contributed by atoms with Crippen molar-refractivity contribution in [2.75, 3.05) is 7.05 Å². The lowest BCUT2D eigenvalue weighted by molar-refractivity contribution is 0.176. The van der Waals surface area contributed by atoms with Crippen LogP contribution in [0.4, 0.5) is 4.39 Å². The molecular weight excluding hydrogens is 419 g/mol. The molecule has 166 valence electrons. The Morgan fingerprint density at radius 1 is 1.00 bits per heavy atom. The molecule has 0 aliphatic carbocycles. The summed E-state index contributed by atoms with van der Waals surface area (Å²) in [7, 11) is 2.06. The van der Waals surface area contributed by atoms with Crippen LogP contribution in [0.25, 0.3) is 21.8 Å². The van der Waals surface area contributed by atoms with E-state index in [2.05, 4.69) is 39.8 Å². The van der Waals surface area contributed by atoms with Gasteiger partial charge in [-0.2, -0.15) is 4.73 Å². The third-order valence-electron chi connectivity index (χ3n) is 5.83. The highest BCUT2D eigenvalue weighted by atomic mass is 19.1. The van der Waals surface area contributed by atoms with Crippen molar-refractivity contribution in [1.29, 1.82) is 0 Å². The zero-order valence-electron chi connectivity index (χ0n) is 18.1. The first-order valence-corrected chi connectivity index (χ1v) is 10.7. The summed E-state index contributed by atoms with van der Waals surface area (Å²) in [5.41, 5.74) is 3.77. The summed E-state index contributed by atoms with van der Waals surface area (Å²) in [6.07, 6.45) is 5.09. The second kappa shape index (κ2) is 8.52. The number of pyridine rings is 2. The van der Waals surface area contributed by atoms with Gasteiger partial charge in [-0.3, -0.25) is 9.69 Å². The molecule has 6 nitrogen and oxygen atoms in total.